The van der Waals surface area contributed by atoms with E-state index in [0.29, 0.717) is 0 Å². The maximum Gasteiger partial charge on any atom is 0.137 e. The van der Waals surface area contributed by atoms with Crippen molar-refractivity contribution in [2.45, 2.75) is 13.5 Å². The summed E-state index contributed by atoms with van der Waals surface area (Å²) in [7, 11) is 0. The molecule has 4 heterocycles. The van der Waals surface area contributed by atoms with Gasteiger partial charge in [-0.15, -0.1) is 11.3 Å². The highest BCUT2D eigenvalue weighted by Gasteiger charge is 2.07. The summed E-state index contributed by atoms with van der Waals surface area (Å²) in [6.07, 6.45) is 4.01. The van der Waals surface area contributed by atoms with Gasteiger partial charge in [-0.05, 0) is 37.3 Å². The van der Waals surface area contributed by atoms with Crippen molar-refractivity contribution in [3.63, 3.8) is 0 Å². The van der Waals surface area contributed by atoms with Gasteiger partial charge in [-0.2, -0.15) is 0 Å². The van der Waals surface area contributed by atoms with Gasteiger partial charge in [-0.25, -0.2) is 9.97 Å². The van der Waals surface area contributed by atoms with E-state index in [1.54, 1.807) is 0 Å². The summed E-state index contributed by atoms with van der Waals surface area (Å²) in [5, 5.41) is 10.3. The number of rotatable bonds is 2. The summed E-state index contributed by atoms with van der Waals surface area (Å²) in [6.45, 7) is 2.05. The lowest BCUT2D eigenvalue weighted by molar-refractivity contribution is 0.285. The SMILES string of the molecule is Cc1cn2ccc(-c3ccc4cc(CO)sc4n3)cc2n1. The van der Waals surface area contributed by atoms with Crippen molar-refractivity contribution in [3.05, 3.63) is 53.3 Å². The van der Waals surface area contributed by atoms with Gasteiger partial charge in [-0.1, -0.05) is 0 Å². The van der Waals surface area contributed by atoms with Crippen LogP contribution in [0, 0.1) is 6.92 Å². The molecule has 4 rings (SSSR count). The van der Waals surface area contributed by atoms with Crippen LogP contribution in [0.4, 0.5) is 0 Å². The van der Waals surface area contributed by atoms with E-state index in [1.807, 2.05) is 54.0 Å². The number of pyridine rings is 2. The highest BCUT2D eigenvalue weighted by atomic mass is 32.1. The summed E-state index contributed by atoms with van der Waals surface area (Å²) < 4.78 is 2.01. The van der Waals surface area contributed by atoms with Gasteiger partial charge in [-0.3, -0.25) is 0 Å². The maximum atomic E-state index is 9.22. The zero-order chi connectivity index (χ0) is 14.4. The average Bonchev–Trinajstić information content (AvgIpc) is 3.06. The molecular formula is C16H13N3OS. The molecule has 0 amide bonds. The number of thiophene rings is 1. The fourth-order valence-electron chi connectivity index (χ4n) is 2.48. The Bertz CT molecular complexity index is 955. The molecular weight excluding hydrogens is 282 g/mol. The zero-order valence-electron chi connectivity index (χ0n) is 11.4. The molecule has 4 aromatic rings. The van der Waals surface area contributed by atoms with Crippen LogP contribution in [0.25, 0.3) is 27.1 Å². The van der Waals surface area contributed by atoms with Crippen molar-refractivity contribution in [1.29, 1.82) is 0 Å². The Labute approximate surface area is 125 Å². The maximum absolute atomic E-state index is 9.22. The normalized spacial score (nSPS) is 11.5. The Morgan fingerprint density at radius 1 is 1.19 bits per heavy atom. The summed E-state index contributed by atoms with van der Waals surface area (Å²) >= 11 is 1.53. The standard InChI is InChI=1S/C16H13N3OS/c1-10-8-19-5-4-11(7-15(19)17-10)14-3-2-12-6-13(9-20)21-16(12)18-14/h2-8,20H,9H2,1H3. The number of aliphatic hydroxyl groups excluding tert-OH is 1. The van der Waals surface area contributed by atoms with E-state index >= 15 is 0 Å². The van der Waals surface area contributed by atoms with E-state index in [9.17, 15) is 5.11 Å². The van der Waals surface area contributed by atoms with Crippen LogP contribution >= 0.6 is 11.3 Å². The molecule has 0 aliphatic carbocycles. The van der Waals surface area contributed by atoms with Crippen molar-refractivity contribution in [2.75, 3.05) is 0 Å². The zero-order valence-corrected chi connectivity index (χ0v) is 12.3. The van der Waals surface area contributed by atoms with Crippen LogP contribution < -0.4 is 0 Å². The molecule has 0 unspecified atom stereocenters. The molecule has 0 aliphatic rings. The van der Waals surface area contributed by atoms with Crippen molar-refractivity contribution >= 4 is 27.2 Å². The second kappa shape index (κ2) is 4.65. The van der Waals surface area contributed by atoms with Crippen LogP contribution in [0.1, 0.15) is 10.6 Å². The third kappa shape index (κ3) is 2.11. The van der Waals surface area contributed by atoms with E-state index in [1.165, 1.54) is 11.3 Å². The summed E-state index contributed by atoms with van der Waals surface area (Å²) in [5.74, 6) is 0. The van der Waals surface area contributed by atoms with E-state index in [-0.39, 0.29) is 6.61 Å². The Balaban J connectivity index is 1.86. The van der Waals surface area contributed by atoms with Crippen LogP contribution in [0.15, 0.2) is 42.7 Å². The smallest absolute Gasteiger partial charge is 0.137 e. The molecule has 0 saturated carbocycles. The van der Waals surface area contributed by atoms with Gasteiger partial charge in [0.15, 0.2) is 0 Å². The van der Waals surface area contributed by atoms with Gasteiger partial charge in [0, 0.05) is 28.2 Å². The first-order valence-electron chi connectivity index (χ1n) is 6.69. The van der Waals surface area contributed by atoms with Crippen molar-refractivity contribution in [1.82, 2.24) is 14.4 Å². The Hall–Kier alpha value is -2.24. The summed E-state index contributed by atoms with van der Waals surface area (Å²) in [5.41, 5.74) is 3.90. The monoisotopic (exact) mass is 295 g/mol. The molecule has 0 spiro atoms. The highest BCUT2D eigenvalue weighted by molar-refractivity contribution is 7.18. The minimum atomic E-state index is 0.0652. The number of aliphatic hydroxyl groups is 1. The first kappa shape index (κ1) is 12.5. The van der Waals surface area contributed by atoms with Gasteiger partial charge < -0.3 is 9.51 Å². The van der Waals surface area contributed by atoms with Crippen LogP contribution in [0.5, 0.6) is 0 Å². The molecule has 21 heavy (non-hydrogen) atoms. The van der Waals surface area contributed by atoms with Gasteiger partial charge in [0.25, 0.3) is 0 Å². The van der Waals surface area contributed by atoms with Crippen LogP contribution in [-0.2, 0) is 6.61 Å². The molecule has 0 bridgehead atoms. The summed E-state index contributed by atoms with van der Waals surface area (Å²) in [4.78, 5) is 11.1. The molecule has 5 heteroatoms. The highest BCUT2D eigenvalue weighted by Crippen LogP contribution is 2.27. The largest absolute Gasteiger partial charge is 0.391 e. The molecule has 0 aliphatic heterocycles. The fourth-order valence-corrected chi connectivity index (χ4v) is 3.36. The van der Waals surface area contributed by atoms with Gasteiger partial charge in [0.2, 0.25) is 0 Å². The lowest BCUT2D eigenvalue weighted by Gasteiger charge is -2.01. The Kier molecular flexibility index (Phi) is 2.77. The molecule has 0 fully saturated rings. The fraction of sp³-hybridized carbons (Fsp3) is 0.125. The number of hydrogen-bond donors (Lipinski definition) is 1. The number of imidazole rings is 1. The first-order chi connectivity index (χ1) is 10.2. The predicted molar refractivity (Wildman–Crippen MR) is 84.5 cm³/mol. The molecule has 4 nitrogen and oxygen atoms in total. The Morgan fingerprint density at radius 2 is 2.10 bits per heavy atom. The van der Waals surface area contributed by atoms with Gasteiger partial charge >= 0.3 is 0 Å². The minimum Gasteiger partial charge on any atom is -0.391 e. The van der Waals surface area contributed by atoms with E-state index in [4.69, 9.17) is 4.98 Å². The van der Waals surface area contributed by atoms with Gasteiger partial charge in [0.05, 0.1) is 18.0 Å². The quantitative estimate of drug-likeness (QED) is 0.616. The number of aromatic nitrogens is 3. The predicted octanol–water partition coefficient (Wildman–Crippen LogP) is 3.41. The molecule has 104 valence electrons. The Morgan fingerprint density at radius 3 is 2.95 bits per heavy atom. The van der Waals surface area contributed by atoms with Crippen LogP contribution in [0.2, 0.25) is 0 Å². The van der Waals surface area contributed by atoms with E-state index in [0.717, 1.165) is 37.7 Å². The van der Waals surface area contributed by atoms with E-state index in [2.05, 4.69) is 4.98 Å². The number of hydrogen-bond acceptors (Lipinski definition) is 4. The topological polar surface area (TPSA) is 50.4 Å². The summed E-state index contributed by atoms with van der Waals surface area (Å²) in [6, 6.07) is 10.1. The number of aryl methyl sites for hydroxylation is 1. The third-order valence-corrected chi connectivity index (χ3v) is 4.50. The van der Waals surface area contributed by atoms with Crippen molar-refractivity contribution in [3.8, 4) is 11.3 Å². The lowest BCUT2D eigenvalue weighted by Crippen LogP contribution is -1.86. The second-order valence-electron chi connectivity index (χ2n) is 5.02. The second-order valence-corrected chi connectivity index (χ2v) is 6.14. The van der Waals surface area contributed by atoms with Crippen LogP contribution in [-0.4, -0.2) is 19.5 Å². The van der Waals surface area contributed by atoms with Crippen molar-refractivity contribution < 1.29 is 5.11 Å². The molecule has 4 aromatic heterocycles. The first-order valence-corrected chi connectivity index (χ1v) is 7.51. The lowest BCUT2D eigenvalue weighted by atomic mass is 10.1. The molecule has 0 aromatic carbocycles. The molecule has 0 saturated heterocycles. The van der Waals surface area contributed by atoms with Crippen molar-refractivity contribution in [2.24, 2.45) is 0 Å². The number of fused-ring (bicyclic) bond motifs is 2. The third-order valence-electron chi connectivity index (χ3n) is 3.47. The molecule has 0 radical (unpaired) electrons. The molecule has 1 N–H and O–H groups in total. The molecule has 0 atom stereocenters. The van der Waals surface area contributed by atoms with Gasteiger partial charge in [0.1, 0.15) is 10.5 Å². The average molecular weight is 295 g/mol. The number of nitrogens with zero attached hydrogens (tertiary/aromatic N) is 3. The van der Waals surface area contributed by atoms with Crippen LogP contribution in [0.3, 0.4) is 0 Å². The minimum absolute atomic E-state index is 0.0652. The van der Waals surface area contributed by atoms with E-state index < -0.39 is 0 Å².